The fraction of sp³-hybridized carbons (Fsp3) is 0.100. The van der Waals surface area contributed by atoms with Gasteiger partial charge in [0.25, 0.3) is 5.91 Å². The van der Waals surface area contributed by atoms with E-state index < -0.39 is 0 Å². The maximum absolute atomic E-state index is 12.8. The molecule has 6 heteroatoms. The fourth-order valence-electron chi connectivity index (χ4n) is 3.00. The number of pyridine rings is 1. The van der Waals surface area contributed by atoms with E-state index in [4.69, 9.17) is 5.73 Å². The Morgan fingerprint density at radius 3 is 2.92 bits per heavy atom. The lowest BCUT2D eigenvalue weighted by Crippen LogP contribution is -2.13. The third-order valence-corrected chi connectivity index (χ3v) is 5.20. The summed E-state index contributed by atoms with van der Waals surface area (Å²) in [4.78, 5) is 21.2. The van der Waals surface area contributed by atoms with Crippen LogP contribution in [-0.2, 0) is 0 Å². The van der Waals surface area contributed by atoms with Crippen LogP contribution >= 0.6 is 11.3 Å². The summed E-state index contributed by atoms with van der Waals surface area (Å²) >= 11 is 1.64. The Kier molecular flexibility index (Phi) is 4.28. The van der Waals surface area contributed by atoms with E-state index in [1.165, 1.54) is 0 Å². The number of anilines is 1. The molecule has 0 spiro atoms. The summed E-state index contributed by atoms with van der Waals surface area (Å²) < 4.78 is 0. The number of thiophene rings is 1. The number of aromatic nitrogens is 2. The number of carbonyl (C=O) groups is 1. The SMILES string of the molecule is CC(N)c1ccc(C(=O)Nc2ccnc3[nH]ccc23)cc1-c1cccs1. The third kappa shape index (κ3) is 3.00. The number of rotatable bonds is 4. The van der Waals surface area contributed by atoms with Crippen LogP contribution in [0, 0.1) is 0 Å². The van der Waals surface area contributed by atoms with Gasteiger partial charge in [0.15, 0.2) is 0 Å². The molecule has 1 amide bonds. The molecule has 0 aliphatic carbocycles. The van der Waals surface area contributed by atoms with Gasteiger partial charge in [0.2, 0.25) is 0 Å². The molecule has 0 aliphatic rings. The summed E-state index contributed by atoms with van der Waals surface area (Å²) in [6.07, 6.45) is 3.48. The Morgan fingerprint density at radius 1 is 1.27 bits per heavy atom. The van der Waals surface area contributed by atoms with Gasteiger partial charge in [-0.05, 0) is 53.8 Å². The maximum Gasteiger partial charge on any atom is 0.255 e. The van der Waals surface area contributed by atoms with Crippen LogP contribution in [0.5, 0.6) is 0 Å². The number of nitrogens with zero attached hydrogens (tertiary/aromatic N) is 1. The molecule has 130 valence electrons. The lowest BCUT2D eigenvalue weighted by molar-refractivity contribution is 0.102. The molecule has 5 nitrogen and oxygen atoms in total. The number of amides is 1. The van der Waals surface area contributed by atoms with E-state index in [1.807, 2.05) is 48.7 Å². The lowest BCUT2D eigenvalue weighted by atomic mass is 9.98. The van der Waals surface area contributed by atoms with Gasteiger partial charge in [-0.1, -0.05) is 12.1 Å². The highest BCUT2D eigenvalue weighted by Gasteiger charge is 2.15. The highest BCUT2D eigenvalue weighted by atomic mass is 32.1. The average Bonchev–Trinajstić information content (AvgIpc) is 3.33. The number of nitrogens with one attached hydrogen (secondary N) is 2. The number of aromatic amines is 1. The second kappa shape index (κ2) is 6.74. The Labute approximate surface area is 154 Å². The second-order valence-corrected chi connectivity index (χ2v) is 7.07. The minimum Gasteiger partial charge on any atom is -0.346 e. The highest BCUT2D eigenvalue weighted by Crippen LogP contribution is 2.32. The zero-order chi connectivity index (χ0) is 18.1. The first-order valence-corrected chi connectivity index (χ1v) is 9.18. The molecule has 0 radical (unpaired) electrons. The molecule has 1 atom stereocenters. The predicted molar refractivity (Wildman–Crippen MR) is 106 cm³/mol. The standard InChI is InChI=1S/C20H18N4OS/c1-12(21)14-5-4-13(11-16(14)18-3-2-10-26-18)20(25)24-17-7-9-23-19-15(17)6-8-22-19/h2-12H,21H2,1H3,(H2,22,23,24,25). The van der Waals surface area contributed by atoms with Gasteiger partial charge in [0.05, 0.1) is 5.69 Å². The van der Waals surface area contributed by atoms with Crippen molar-refractivity contribution in [2.45, 2.75) is 13.0 Å². The molecular formula is C20H18N4OS. The highest BCUT2D eigenvalue weighted by molar-refractivity contribution is 7.13. The minimum atomic E-state index is -0.160. The number of nitrogens with two attached hydrogens (primary N) is 1. The van der Waals surface area contributed by atoms with Crippen molar-refractivity contribution >= 4 is 34.0 Å². The van der Waals surface area contributed by atoms with Gasteiger partial charge in [-0.15, -0.1) is 11.3 Å². The second-order valence-electron chi connectivity index (χ2n) is 6.12. The average molecular weight is 362 g/mol. The van der Waals surface area contributed by atoms with Gasteiger partial charge in [0.1, 0.15) is 5.65 Å². The number of carbonyl (C=O) groups excluding carboxylic acids is 1. The Morgan fingerprint density at radius 2 is 2.15 bits per heavy atom. The zero-order valence-corrected chi connectivity index (χ0v) is 15.0. The van der Waals surface area contributed by atoms with E-state index in [1.54, 1.807) is 29.8 Å². The van der Waals surface area contributed by atoms with Crippen molar-refractivity contribution in [3.05, 3.63) is 71.4 Å². The third-order valence-electron chi connectivity index (χ3n) is 4.30. The number of hydrogen-bond acceptors (Lipinski definition) is 4. The van der Waals surface area contributed by atoms with Gasteiger partial charge < -0.3 is 16.0 Å². The normalized spacial score (nSPS) is 12.2. The molecule has 0 saturated heterocycles. The first-order chi connectivity index (χ1) is 12.6. The summed E-state index contributed by atoms with van der Waals surface area (Å²) in [5.41, 5.74) is 10.2. The van der Waals surface area contributed by atoms with E-state index in [0.29, 0.717) is 5.56 Å². The van der Waals surface area contributed by atoms with Crippen LogP contribution in [0.1, 0.15) is 28.9 Å². The monoisotopic (exact) mass is 362 g/mol. The first-order valence-electron chi connectivity index (χ1n) is 8.30. The minimum absolute atomic E-state index is 0.108. The molecule has 0 bridgehead atoms. The fourth-order valence-corrected chi connectivity index (χ4v) is 3.77. The summed E-state index contributed by atoms with van der Waals surface area (Å²) in [7, 11) is 0. The van der Waals surface area contributed by atoms with Crippen molar-refractivity contribution in [1.29, 1.82) is 0 Å². The van der Waals surface area contributed by atoms with E-state index in [9.17, 15) is 4.79 Å². The molecule has 0 fully saturated rings. The molecule has 4 N–H and O–H groups in total. The topological polar surface area (TPSA) is 83.8 Å². The van der Waals surface area contributed by atoms with Crippen molar-refractivity contribution in [3.63, 3.8) is 0 Å². The van der Waals surface area contributed by atoms with Gasteiger partial charge in [-0.25, -0.2) is 4.98 Å². The molecule has 0 aliphatic heterocycles. The van der Waals surface area contributed by atoms with Gasteiger partial charge in [-0.2, -0.15) is 0 Å². The van der Waals surface area contributed by atoms with E-state index in [2.05, 4.69) is 15.3 Å². The van der Waals surface area contributed by atoms with Gasteiger partial charge >= 0.3 is 0 Å². The first kappa shape index (κ1) is 16.5. The van der Waals surface area contributed by atoms with Crippen molar-refractivity contribution in [2.75, 3.05) is 5.32 Å². The number of fused-ring (bicyclic) bond motifs is 1. The smallest absolute Gasteiger partial charge is 0.255 e. The Balaban J connectivity index is 1.70. The molecular weight excluding hydrogens is 344 g/mol. The van der Waals surface area contributed by atoms with Crippen molar-refractivity contribution in [3.8, 4) is 10.4 Å². The molecule has 3 heterocycles. The Bertz CT molecular complexity index is 1070. The zero-order valence-electron chi connectivity index (χ0n) is 14.2. The van der Waals surface area contributed by atoms with Gasteiger partial charge in [-0.3, -0.25) is 4.79 Å². The van der Waals surface area contributed by atoms with Crippen molar-refractivity contribution < 1.29 is 4.79 Å². The van der Waals surface area contributed by atoms with Crippen molar-refractivity contribution in [2.24, 2.45) is 5.73 Å². The van der Waals surface area contributed by atoms with Crippen LogP contribution in [0.4, 0.5) is 5.69 Å². The summed E-state index contributed by atoms with van der Waals surface area (Å²) in [6.45, 7) is 1.95. The summed E-state index contributed by atoms with van der Waals surface area (Å²) in [5, 5.41) is 5.88. The largest absolute Gasteiger partial charge is 0.346 e. The lowest BCUT2D eigenvalue weighted by Gasteiger charge is -2.14. The van der Waals surface area contributed by atoms with Crippen LogP contribution in [0.2, 0.25) is 0 Å². The van der Waals surface area contributed by atoms with Crippen LogP contribution < -0.4 is 11.1 Å². The van der Waals surface area contributed by atoms with Crippen LogP contribution in [0.15, 0.2) is 60.2 Å². The Hall–Kier alpha value is -2.96. The quantitative estimate of drug-likeness (QED) is 0.497. The van der Waals surface area contributed by atoms with E-state index in [0.717, 1.165) is 32.7 Å². The predicted octanol–water partition coefficient (Wildman–Crippen LogP) is 4.56. The van der Waals surface area contributed by atoms with Gasteiger partial charge in [0, 0.05) is 34.3 Å². The van der Waals surface area contributed by atoms with Crippen molar-refractivity contribution in [1.82, 2.24) is 9.97 Å². The van der Waals surface area contributed by atoms with Crippen LogP contribution in [0.3, 0.4) is 0 Å². The number of hydrogen-bond donors (Lipinski definition) is 3. The summed E-state index contributed by atoms with van der Waals surface area (Å²) in [5.74, 6) is -0.160. The summed E-state index contributed by atoms with van der Waals surface area (Å²) in [6, 6.07) is 13.3. The van der Waals surface area contributed by atoms with Crippen LogP contribution in [-0.4, -0.2) is 15.9 Å². The maximum atomic E-state index is 12.8. The number of benzene rings is 1. The molecule has 3 aromatic heterocycles. The van der Waals surface area contributed by atoms with Crippen LogP contribution in [0.25, 0.3) is 21.5 Å². The van der Waals surface area contributed by atoms with E-state index >= 15 is 0 Å². The molecule has 1 unspecified atom stereocenters. The molecule has 4 rings (SSSR count). The molecule has 4 aromatic rings. The van der Waals surface area contributed by atoms with E-state index in [-0.39, 0.29) is 11.9 Å². The molecule has 1 aromatic carbocycles. The molecule has 0 saturated carbocycles. The number of H-pyrrole nitrogens is 1. The molecule has 26 heavy (non-hydrogen) atoms.